The minimum atomic E-state index is -2.24. The smallest absolute Gasteiger partial charge is 0.101 e. The van der Waals surface area contributed by atoms with E-state index in [0.717, 1.165) is 0 Å². The van der Waals surface area contributed by atoms with Crippen LogP contribution in [0.4, 0.5) is 0 Å². The first-order chi connectivity index (χ1) is 6.15. The average molecular weight is 216 g/mol. The topological polar surface area (TPSA) is 76.8 Å². The lowest BCUT2D eigenvalue weighted by Crippen LogP contribution is -1.98. The lowest BCUT2D eigenvalue weighted by atomic mass is 10.2. The second kappa shape index (κ2) is 4.33. The van der Waals surface area contributed by atoms with Crippen LogP contribution in [0.2, 0.25) is 5.02 Å². The van der Waals surface area contributed by atoms with Crippen LogP contribution < -0.4 is 0 Å². The molecule has 1 aromatic heterocycles. The molecule has 1 heterocycles. The van der Waals surface area contributed by atoms with E-state index in [1.807, 2.05) is 6.07 Å². The van der Waals surface area contributed by atoms with Gasteiger partial charge in [0.15, 0.2) is 0 Å². The molecule has 0 aliphatic heterocycles. The third-order valence-corrected chi connectivity index (χ3v) is 2.20. The Morgan fingerprint density at radius 3 is 2.92 bits per heavy atom. The number of nitrogens with zero attached hydrogens (tertiary/aromatic N) is 2. The Morgan fingerprint density at radius 2 is 2.38 bits per heavy atom. The number of hydrogen-bond donors (Lipinski definition) is 0. The van der Waals surface area contributed by atoms with E-state index in [4.69, 9.17) is 16.9 Å². The highest BCUT2D eigenvalue weighted by molar-refractivity contribution is 7.78. The molecule has 4 nitrogen and oxygen atoms in total. The molecule has 1 rings (SSSR count). The van der Waals surface area contributed by atoms with Crippen molar-refractivity contribution in [3.8, 4) is 6.07 Å². The van der Waals surface area contributed by atoms with Crippen molar-refractivity contribution in [2.45, 2.75) is 5.75 Å². The van der Waals surface area contributed by atoms with Gasteiger partial charge >= 0.3 is 0 Å². The number of aromatic nitrogens is 1. The van der Waals surface area contributed by atoms with Gasteiger partial charge in [0.05, 0.1) is 10.6 Å². The van der Waals surface area contributed by atoms with Gasteiger partial charge < -0.3 is 4.55 Å². The van der Waals surface area contributed by atoms with Gasteiger partial charge in [0.1, 0.15) is 6.07 Å². The monoisotopic (exact) mass is 215 g/mol. The zero-order valence-electron chi connectivity index (χ0n) is 6.36. The van der Waals surface area contributed by atoms with E-state index < -0.39 is 11.1 Å². The highest BCUT2D eigenvalue weighted by atomic mass is 35.5. The molecule has 0 spiro atoms. The Hall–Kier alpha value is -0.960. The molecular weight excluding hydrogens is 212 g/mol. The normalized spacial score (nSPS) is 12.1. The van der Waals surface area contributed by atoms with Gasteiger partial charge in [-0.1, -0.05) is 22.7 Å². The molecule has 0 saturated heterocycles. The van der Waals surface area contributed by atoms with Crippen LogP contribution in [0, 0.1) is 11.3 Å². The van der Waals surface area contributed by atoms with Crippen LogP contribution in [0.5, 0.6) is 0 Å². The summed E-state index contributed by atoms with van der Waals surface area (Å²) in [4.78, 5) is 3.69. The van der Waals surface area contributed by atoms with Gasteiger partial charge in [-0.2, -0.15) is 5.26 Å². The highest BCUT2D eigenvalue weighted by Crippen LogP contribution is 2.18. The molecule has 1 unspecified atom stereocenters. The fraction of sp³-hybridized carbons (Fsp3) is 0.143. The van der Waals surface area contributed by atoms with E-state index in [1.54, 1.807) is 0 Å². The molecule has 1 atom stereocenters. The van der Waals surface area contributed by atoms with Crippen molar-refractivity contribution < 1.29 is 8.76 Å². The molecule has 0 radical (unpaired) electrons. The summed E-state index contributed by atoms with van der Waals surface area (Å²) in [7, 11) is 0. The van der Waals surface area contributed by atoms with E-state index in [-0.39, 0.29) is 16.3 Å². The van der Waals surface area contributed by atoms with Crippen LogP contribution in [0.25, 0.3) is 0 Å². The molecule has 68 valence electrons. The molecule has 0 bridgehead atoms. The largest absolute Gasteiger partial charge is 0.772 e. The minimum Gasteiger partial charge on any atom is -0.772 e. The zero-order chi connectivity index (χ0) is 9.84. The van der Waals surface area contributed by atoms with Crippen molar-refractivity contribution in [3.63, 3.8) is 0 Å². The average Bonchev–Trinajstić information content (AvgIpc) is 2.03. The Morgan fingerprint density at radius 1 is 1.69 bits per heavy atom. The molecular formula is C7H4ClN2O2S-. The van der Waals surface area contributed by atoms with Crippen molar-refractivity contribution >= 4 is 22.7 Å². The van der Waals surface area contributed by atoms with E-state index in [9.17, 15) is 8.76 Å². The second-order valence-corrected chi connectivity index (χ2v) is 3.52. The van der Waals surface area contributed by atoms with Gasteiger partial charge in [0.2, 0.25) is 0 Å². The predicted octanol–water partition coefficient (Wildman–Crippen LogP) is 0.986. The van der Waals surface area contributed by atoms with Crippen LogP contribution in [0.15, 0.2) is 12.4 Å². The number of hydrogen-bond acceptors (Lipinski definition) is 4. The maximum atomic E-state index is 10.4. The molecule has 0 aliphatic rings. The Balaban J connectivity index is 3.14. The minimum absolute atomic E-state index is 0.167. The van der Waals surface area contributed by atoms with Crippen LogP contribution in [0.1, 0.15) is 11.1 Å². The molecule has 0 aliphatic carbocycles. The number of nitriles is 1. The summed E-state index contributed by atoms with van der Waals surface area (Å²) in [5, 5.41) is 8.82. The molecule has 0 N–H and O–H groups in total. The van der Waals surface area contributed by atoms with Crippen molar-refractivity contribution in [2.24, 2.45) is 0 Å². The van der Waals surface area contributed by atoms with Crippen LogP contribution >= 0.6 is 11.6 Å². The molecule has 0 saturated carbocycles. The maximum absolute atomic E-state index is 10.4. The zero-order valence-corrected chi connectivity index (χ0v) is 7.93. The summed E-state index contributed by atoms with van der Waals surface area (Å²) in [6.07, 6.45) is 2.62. The van der Waals surface area contributed by atoms with Crippen molar-refractivity contribution in [2.75, 3.05) is 0 Å². The Bertz CT molecular complexity index is 389. The van der Waals surface area contributed by atoms with E-state index in [1.165, 1.54) is 12.4 Å². The predicted molar refractivity (Wildman–Crippen MR) is 46.6 cm³/mol. The third-order valence-electron chi connectivity index (χ3n) is 1.36. The first-order valence-electron chi connectivity index (χ1n) is 3.23. The van der Waals surface area contributed by atoms with Gasteiger partial charge in [-0.3, -0.25) is 9.19 Å². The van der Waals surface area contributed by atoms with Crippen LogP contribution in [-0.2, 0) is 16.8 Å². The van der Waals surface area contributed by atoms with Crippen LogP contribution in [-0.4, -0.2) is 13.7 Å². The number of halogens is 1. The lowest BCUT2D eigenvalue weighted by molar-refractivity contribution is 0.536. The summed E-state index contributed by atoms with van der Waals surface area (Å²) in [6.45, 7) is 0. The maximum Gasteiger partial charge on any atom is 0.101 e. The fourth-order valence-corrected chi connectivity index (χ4v) is 1.53. The summed E-state index contributed by atoms with van der Waals surface area (Å²) in [5.74, 6) is -0.240. The van der Waals surface area contributed by atoms with E-state index >= 15 is 0 Å². The SMILES string of the molecule is N#Cc1c(Cl)cncc1CS(=O)[O-]. The summed E-state index contributed by atoms with van der Waals surface area (Å²) in [5.41, 5.74) is 0.490. The first-order valence-corrected chi connectivity index (χ1v) is 4.85. The van der Waals surface area contributed by atoms with Crippen molar-refractivity contribution in [1.82, 2.24) is 4.98 Å². The third kappa shape index (κ3) is 2.49. The quantitative estimate of drug-likeness (QED) is 0.690. The van der Waals surface area contributed by atoms with E-state index in [0.29, 0.717) is 5.56 Å². The lowest BCUT2D eigenvalue weighted by Gasteiger charge is -2.06. The summed E-state index contributed by atoms with van der Waals surface area (Å²) < 4.78 is 20.7. The fourth-order valence-electron chi connectivity index (χ4n) is 0.837. The second-order valence-electron chi connectivity index (χ2n) is 2.22. The molecule has 0 amide bonds. The van der Waals surface area contributed by atoms with E-state index in [2.05, 4.69) is 4.98 Å². The van der Waals surface area contributed by atoms with Crippen molar-refractivity contribution in [3.05, 3.63) is 28.5 Å². The van der Waals surface area contributed by atoms with Gasteiger partial charge in [-0.25, -0.2) is 0 Å². The van der Waals surface area contributed by atoms with Crippen LogP contribution in [0.3, 0.4) is 0 Å². The standard InChI is InChI=1S/C7H5ClN2O2S/c8-7-3-10-2-5(4-13(11)12)6(7)1-9/h2-3H,4H2,(H,11,12)/p-1. The number of pyridine rings is 1. The van der Waals surface area contributed by atoms with Gasteiger partial charge in [0, 0.05) is 23.7 Å². The highest BCUT2D eigenvalue weighted by Gasteiger charge is 2.06. The first kappa shape index (κ1) is 10.1. The molecule has 13 heavy (non-hydrogen) atoms. The summed E-state index contributed by atoms with van der Waals surface area (Å²) in [6, 6.07) is 1.82. The molecule has 0 aromatic carbocycles. The number of rotatable bonds is 2. The van der Waals surface area contributed by atoms with Gasteiger partial charge in [-0.05, 0) is 0 Å². The molecule has 0 fully saturated rings. The Labute approximate surface area is 82.5 Å². The van der Waals surface area contributed by atoms with Gasteiger partial charge in [-0.15, -0.1) is 0 Å². The Kier molecular flexibility index (Phi) is 3.37. The summed E-state index contributed by atoms with van der Waals surface area (Å²) >= 11 is 3.39. The molecule has 6 heteroatoms. The van der Waals surface area contributed by atoms with Crippen molar-refractivity contribution in [1.29, 1.82) is 5.26 Å². The molecule has 1 aromatic rings. The van der Waals surface area contributed by atoms with Gasteiger partial charge in [0.25, 0.3) is 0 Å².